The summed E-state index contributed by atoms with van der Waals surface area (Å²) in [5.41, 5.74) is 22.5. The Balaban J connectivity index is 0.000000141. The van der Waals surface area contributed by atoms with E-state index in [1.165, 1.54) is 47.1 Å². The second kappa shape index (κ2) is 29.6. The fraction of sp³-hybridized carbons (Fsp3) is 0.324. The lowest BCUT2D eigenvalue weighted by atomic mass is 10.0. The standard InChI is InChI=1S/C24H28N6S.C24H27N5S.C23H25N7S/c1-15-7-8-19-21(10-15)27-22(31)12-18-14-26-24(29-23(18)19)28-20-11-17(13-25-16(20)2)6-5-9-30(3)4;1-4-5-6-7-17-11-20(16(3)25-13-17)28-24-26-14-18-12-22(30)27-21-10-15(2)8-9-19(21)23(18)29-24;1-15-3-5-18-19(11-15)27-21(31)12-16-13-25-23(28-22(16)18)26-17-4-6-20(24-14-17)30-9-7-29(2)8-10-30/h7-8,10-11,13-14H,5-6,9,12H2,1-4H3,(H,27,31)(H,26,28,29);8-11,13-14H,4-7,12H2,1-3H3,(H,27,30)(H,26,28,29);3-6,11,13-14H,7-10,12H2,1-2H3,(H,27,31)(H,25,26,28). The van der Waals surface area contributed by atoms with Crippen molar-refractivity contribution in [1.82, 2.24) is 54.7 Å². The van der Waals surface area contributed by atoms with Crippen LogP contribution in [-0.2, 0) is 32.1 Å². The molecule has 1 saturated heterocycles. The molecule has 0 atom stereocenters. The minimum absolute atomic E-state index is 0.548. The maximum Gasteiger partial charge on any atom is 0.227 e. The quantitative estimate of drug-likeness (QED) is 0.0418. The Labute approximate surface area is 556 Å². The zero-order valence-corrected chi connectivity index (χ0v) is 56.4. The predicted octanol–water partition coefficient (Wildman–Crippen LogP) is 14.3. The van der Waals surface area contributed by atoms with Crippen LogP contribution in [0.3, 0.4) is 0 Å². The number of unbranched alkanes of at least 4 members (excludes halogenated alkanes) is 2. The Bertz CT molecular complexity index is 4190. The van der Waals surface area contributed by atoms with Gasteiger partial charge in [-0.2, -0.15) is 0 Å². The van der Waals surface area contributed by atoms with Gasteiger partial charge in [-0.3, -0.25) is 9.97 Å². The molecule has 18 nitrogen and oxygen atoms in total. The maximum atomic E-state index is 5.51. The van der Waals surface area contributed by atoms with Gasteiger partial charge in [0.2, 0.25) is 17.8 Å². The number of rotatable bonds is 15. The van der Waals surface area contributed by atoms with Crippen molar-refractivity contribution in [3.8, 4) is 33.8 Å². The minimum atomic E-state index is 0.548. The third-order valence-corrected chi connectivity index (χ3v) is 17.2. The molecule has 0 unspecified atom stereocenters. The highest BCUT2D eigenvalue weighted by Gasteiger charge is 2.24. The van der Waals surface area contributed by atoms with E-state index in [-0.39, 0.29) is 0 Å². The molecule has 10 heterocycles. The number of nitrogens with one attached hydrogen (secondary N) is 6. The molecule has 92 heavy (non-hydrogen) atoms. The van der Waals surface area contributed by atoms with Gasteiger partial charge in [-0.05, 0) is 158 Å². The van der Waals surface area contributed by atoms with Crippen LogP contribution in [0.4, 0.5) is 57.8 Å². The number of anilines is 10. The highest BCUT2D eigenvalue weighted by atomic mass is 32.1. The topological polar surface area (TPSA) is 198 Å². The van der Waals surface area contributed by atoms with Gasteiger partial charge in [0.1, 0.15) is 5.82 Å². The summed E-state index contributed by atoms with van der Waals surface area (Å²) in [7, 11) is 6.34. The zero-order valence-electron chi connectivity index (χ0n) is 54.0. The van der Waals surface area contributed by atoms with Gasteiger partial charge < -0.3 is 46.6 Å². The molecular weight excluding hydrogens is 1200 g/mol. The first-order valence-corrected chi connectivity index (χ1v) is 32.8. The summed E-state index contributed by atoms with van der Waals surface area (Å²) in [5.74, 6) is 2.69. The monoisotopic (exact) mass is 1280 g/mol. The smallest absolute Gasteiger partial charge is 0.227 e. The minimum Gasteiger partial charge on any atom is -0.354 e. The van der Waals surface area contributed by atoms with Crippen LogP contribution < -0.4 is 36.8 Å². The van der Waals surface area contributed by atoms with Crippen LogP contribution in [0.15, 0.2) is 116 Å². The first-order chi connectivity index (χ1) is 44.5. The SMILES string of the molecule is CCCCCc1cnc(C)c(Nc2ncc3c(n2)-c2ccc(C)cc2NC(=S)C3)c1.Cc1ccc2c(c1)NC(=S)Cc1cnc(Nc3cc(CCCN(C)C)cnc3C)nc1-2.Cc1ccc2c(c1)NC(=S)Cc1cnc(Nc3ccc(N4CCN(C)CC4)nc3)nc1-2. The summed E-state index contributed by atoms with van der Waals surface area (Å²) >= 11 is 16.5. The summed E-state index contributed by atoms with van der Waals surface area (Å²) in [4.78, 5) is 51.2. The lowest BCUT2D eigenvalue weighted by molar-refractivity contribution is 0.312. The number of thiocarbonyl (C=S) groups is 3. The average Bonchev–Trinajstić information content (AvgIpc) is 1.59. The van der Waals surface area contributed by atoms with Crippen LogP contribution in [0, 0.1) is 34.6 Å². The average molecular weight is 1280 g/mol. The van der Waals surface area contributed by atoms with E-state index in [2.05, 4.69) is 198 Å². The molecule has 4 aliphatic heterocycles. The van der Waals surface area contributed by atoms with Crippen molar-refractivity contribution in [1.29, 1.82) is 0 Å². The first-order valence-electron chi connectivity index (χ1n) is 31.5. The van der Waals surface area contributed by atoms with E-state index < -0.39 is 0 Å². The summed E-state index contributed by atoms with van der Waals surface area (Å²) in [5, 5.41) is 20.1. The van der Waals surface area contributed by atoms with E-state index in [0.29, 0.717) is 37.1 Å². The van der Waals surface area contributed by atoms with Crippen molar-refractivity contribution in [2.75, 3.05) is 90.7 Å². The van der Waals surface area contributed by atoms with Crippen molar-refractivity contribution >= 4 is 109 Å². The lowest BCUT2D eigenvalue weighted by Gasteiger charge is -2.33. The molecule has 0 radical (unpaired) electrons. The van der Waals surface area contributed by atoms with Gasteiger partial charge in [0.25, 0.3) is 0 Å². The van der Waals surface area contributed by atoms with Gasteiger partial charge in [0.15, 0.2) is 0 Å². The Hall–Kier alpha value is -8.86. The molecule has 9 aromatic rings. The number of piperazine rings is 1. The number of aromatic nitrogens is 9. The van der Waals surface area contributed by atoms with Gasteiger partial charge in [-0.25, -0.2) is 34.9 Å². The van der Waals surface area contributed by atoms with E-state index in [1.807, 2.05) is 57.1 Å². The summed E-state index contributed by atoms with van der Waals surface area (Å²) in [6, 6.07) is 27.3. The highest BCUT2D eigenvalue weighted by Crippen LogP contribution is 2.38. The Kier molecular flexibility index (Phi) is 20.8. The Morgan fingerprint density at radius 3 is 1.33 bits per heavy atom. The van der Waals surface area contributed by atoms with E-state index in [1.54, 1.807) is 0 Å². The van der Waals surface area contributed by atoms with Crippen LogP contribution in [-0.4, -0.2) is 123 Å². The van der Waals surface area contributed by atoms with Crippen molar-refractivity contribution in [3.05, 3.63) is 172 Å². The highest BCUT2D eigenvalue weighted by molar-refractivity contribution is 7.81. The molecule has 472 valence electrons. The number of hydrogen-bond acceptors (Lipinski definition) is 18. The molecule has 13 rings (SSSR count). The van der Waals surface area contributed by atoms with Gasteiger partial charge in [-0.15, -0.1) is 0 Å². The van der Waals surface area contributed by atoms with E-state index >= 15 is 0 Å². The molecule has 0 bridgehead atoms. The van der Waals surface area contributed by atoms with Gasteiger partial charge >= 0.3 is 0 Å². The van der Waals surface area contributed by atoms with Gasteiger partial charge in [-0.1, -0.05) is 92.8 Å². The number of aryl methyl sites for hydroxylation is 7. The molecule has 0 spiro atoms. The van der Waals surface area contributed by atoms with Crippen molar-refractivity contribution in [2.45, 2.75) is 99.3 Å². The number of nitrogens with zero attached hydrogens (tertiary/aromatic N) is 12. The third-order valence-electron chi connectivity index (χ3n) is 16.5. The van der Waals surface area contributed by atoms with Crippen LogP contribution in [0.1, 0.15) is 88.5 Å². The van der Waals surface area contributed by atoms with Crippen LogP contribution in [0.5, 0.6) is 0 Å². The fourth-order valence-electron chi connectivity index (χ4n) is 11.4. The lowest BCUT2D eigenvalue weighted by Crippen LogP contribution is -2.44. The fourth-order valence-corrected chi connectivity index (χ4v) is 12.2. The molecule has 0 aliphatic carbocycles. The third kappa shape index (κ3) is 16.4. The molecule has 0 amide bonds. The van der Waals surface area contributed by atoms with Gasteiger partial charge in [0.05, 0.1) is 66.7 Å². The van der Waals surface area contributed by atoms with E-state index in [9.17, 15) is 0 Å². The van der Waals surface area contributed by atoms with Crippen molar-refractivity contribution < 1.29 is 0 Å². The second-order valence-corrected chi connectivity index (χ2v) is 25.9. The van der Waals surface area contributed by atoms with Gasteiger partial charge in [0, 0.05) is 127 Å². The van der Waals surface area contributed by atoms with Crippen LogP contribution in [0.25, 0.3) is 33.8 Å². The summed E-state index contributed by atoms with van der Waals surface area (Å²) < 4.78 is 0. The Morgan fingerprint density at radius 2 is 0.913 bits per heavy atom. The summed E-state index contributed by atoms with van der Waals surface area (Å²) in [6.45, 7) is 17.6. The molecular formula is C71H80N18S3. The van der Waals surface area contributed by atoms with E-state index in [4.69, 9.17) is 51.6 Å². The van der Waals surface area contributed by atoms with Crippen molar-refractivity contribution in [3.63, 3.8) is 0 Å². The predicted molar refractivity (Wildman–Crippen MR) is 388 cm³/mol. The van der Waals surface area contributed by atoms with Crippen LogP contribution >= 0.6 is 36.7 Å². The molecule has 4 aliphatic rings. The molecule has 6 aromatic heterocycles. The number of likely N-dealkylation sites (N-methyl/N-ethyl adjacent to an activating group) is 1. The molecule has 21 heteroatoms. The molecule has 0 saturated carbocycles. The largest absolute Gasteiger partial charge is 0.354 e. The normalized spacial score (nSPS) is 13.8. The summed E-state index contributed by atoms with van der Waals surface area (Å²) in [6.07, 6.45) is 20.0. The van der Waals surface area contributed by atoms with E-state index in [0.717, 1.165) is 169 Å². The van der Waals surface area contributed by atoms with Crippen LogP contribution in [0.2, 0.25) is 0 Å². The molecule has 1 fully saturated rings. The number of fused-ring (bicyclic) bond motifs is 9. The second-order valence-electron chi connectivity index (χ2n) is 24.4. The number of benzene rings is 3. The Morgan fingerprint density at radius 1 is 0.478 bits per heavy atom. The number of pyridine rings is 3. The maximum absolute atomic E-state index is 5.51. The number of hydrogen-bond donors (Lipinski definition) is 6. The zero-order chi connectivity index (χ0) is 64.4. The van der Waals surface area contributed by atoms with Crippen molar-refractivity contribution in [2.24, 2.45) is 0 Å². The first kappa shape index (κ1) is 64.7. The molecule has 3 aromatic carbocycles. The molecule has 6 N–H and O–H groups in total.